The van der Waals surface area contributed by atoms with Crippen LogP contribution in [-0.4, -0.2) is 16.0 Å². The molecule has 4 nitrogen and oxygen atoms in total. The van der Waals surface area contributed by atoms with Crippen LogP contribution in [0.3, 0.4) is 0 Å². The minimum absolute atomic E-state index is 0.103. The highest BCUT2D eigenvalue weighted by atomic mass is 79.9. The number of hydrogen-bond donors (Lipinski definition) is 2. The number of rotatable bonds is 4. The van der Waals surface area contributed by atoms with E-state index in [1.165, 1.54) is 11.8 Å². The van der Waals surface area contributed by atoms with E-state index in [0.717, 1.165) is 19.5 Å². The Bertz CT molecular complexity index is 1160. The topological polar surface area (TPSA) is 62.2 Å². The van der Waals surface area contributed by atoms with Crippen molar-refractivity contribution in [3.05, 3.63) is 75.7 Å². The van der Waals surface area contributed by atoms with Crippen LogP contribution >= 0.6 is 50.6 Å². The van der Waals surface area contributed by atoms with Crippen molar-refractivity contribution in [1.29, 1.82) is 0 Å². The van der Waals surface area contributed by atoms with E-state index in [2.05, 4.69) is 26.2 Å². The standard InChI is InChI=1S/C20H12BrClN2O2S2/c21-13-5-3-4-12(18(13)25)19(26)23-11-8-9-16(14(22)10-11)27-20-24-15-6-1-2-7-17(15)28-20/h1-10,25H,(H,23,26). The van der Waals surface area contributed by atoms with Crippen LogP contribution in [0.1, 0.15) is 10.4 Å². The Morgan fingerprint density at radius 3 is 2.75 bits per heavy atom. The van der Waals surface area contributed by atoms with E-state index >= 15 is 0 Å². The molecule has 3 aromatic carbocycles. The minimum Gasteiger partial charge on any atom is -0.506 e. The van der Waals surface area contributed by atoms with Crippen molar-refractivity contribution in [2.45, 2.75) is 9.24 Å². The van der Waals surface area contributed by atoms with Gasteiger partial charge in [0.05, 0.1) is 25.3 Å². The van der Waals surface area contributed by atoms with Gasteiger partial charge in [-0.25, -0.2) is 4.98 Å². The van der Waals surface area contributed by atoms with Crippen LogP contribution < -0.4 is 5.32 Å². The molecule has 0 aliphatic heterocycles. The first-order valence-corrected chi connectivity index (χ1v) is 10.9. The van der Waals surface area contributed by atoms with Crippen LogP contribution in [0.2, 0.25) is 5.02 Å². The second kappa shape index (κ2) is 8.13. The number of thiazole rings is 1. The number of para-hydroxylation sites is 2. The number of nitrogens with one attached hydrogen (secondary N) is 1. The number of hydrogen-bond acceptors (Lipinski definition) is 5. The highest BCUT2D eigenvalue weighted by Crippen LogP contribution is 2.38. The lowest BCUT2D eigenvalue weighted by atomic mass is 10.2. The molecule has 1 aromatic heterocycles. The second-order valence-electron chi connectivity index (χ2n) is 5.78. The fourth-order valence-electron chi connectivity index (χ4n) is 2.55. The molecule has 0 saturated carbocycles. The number of nitrogens with zero attached hydrogens (tertiary/aromatic N) is 1. The average molecular weight is 492 g/mol. The lowest BCUT2D eigenvalue weighted by molar-refractivity contribution is 0.102. The Morgan fingerprint density at radius 1 is 1.14 bits per heavy atom. The van der Waals surface area contributed by atoms with E-state index in [-0.39, 0.29) is 11.3 Å². The number of halogens is 2. The van der Waals surface area contributed by atoms with Crippen molar-refractivity contribution in [2.24, 2.45) is 0 Å². The van der Waals surface area contributed by atoms with Gasteiger partial charge in [0.15, 0.2) is 4.34 Å². The Morgan fingerprint density at radius 2 is 1.96 bits per heavy atom. The number of aromatic hydroxyl groups is 1. The molecule has 0 saturated heterocycles. The van der Waals surface area contributed by atoms with Gasteiger partial charge in [-0.2, -0.15) is 0 Å². The van der Waals surface area contributed by atoms with Crippen LogP contribution in [-0.2, 0) is 0 Å². The number of benzene rings is 3. The molecule has 0 atom stereocenters. The number of anilines is 1. The van der Waals surface area contributed by atoms with E-state index in [4.69, 9.17) is 11.6 Å². The van der Waals surface area contributed by atoms with Gasteiger partial charge in [0, 0.05) is 10.6 Å². The van der Waals surface area contributed by atoms with Gasteiger partial charge < -0.3 is 10.4 Å². The molecule has 0 fully saturated rings. The smallest absolute Gasteiger partial charge is 0.259 e. The molecule has 0 radical (unpaired) electrons. The van der Waals surface area contributed by atoms with E-state index in [9.17, 15) is 9.90 Å². The summed E-state index contributed by atoms with van der Waals surface area (Å²) in [4.78, 5) is 17.9. The van der Waals surface area contributed by atoms with Gasteiger partial charge >= 0.3 is 0 Å². The maximum atomic E-state index is 12.4. The van der Waals surface area contributed by atoms with Crippen molar-refractivity contribution in [3.63, 3.8) is 0 Å². The number of phenolic OH excluding ortho intramolecular Hbond substituents is 1. The minimum atomic E-state index is -0.415. The zero-order valence-corrected chi connectivity index (χ0v) is 18.1. The molecule has 8 heteroatoms. The number of fused-ring (bicyclic) bond motifs is 1. The summed E-state index contributed by atoms with van der Waals surface area (Å²) in [6.07, 6.45) is 0. The first-order chi connectivity index (χ1) is 13.5. The summed E-state index contributed by atoms with van der Waals surface area (Å²) in [5, 5.41) is 13.3. The number of phenols is 1. The van der Waals surface area contributed by atoms with Gasteiger partial charge in [0.2, 0.25) is 0 Å². The molecular formula is C20H12BrClN2O2S2. The molecule has 4 aromatic rings. The fraction of sp³-hybridized carbons (Fsp3) is 0. The third-order valence-corrected chi connectivity index (χ3v) is 7.13. The number of aromatic nitrogens is 1. The van der Waals surface area contributed by atoms with Gasteiger partial charge in [-0.3, -0.25) is 4.79 Å². The van der Waals surface area contributed by atoms with Crippen molar-refractivity contribution in [1.82, 2.24) is 4.98 Å². The van der Waals surface area contributed by atoms with Crippen LogP contribution in [0.25, 0.3) is 10.2 Å². The second-order valence-corrected chi connectivity index (χ2v) is 9.37. The van der Waals surface area contributed by atoms with E-state index < -0.39 is 5.91 Å². The first-order valence-electron chi connectivity index (χ1n) is 8.13. The lowest BCUT2D eigenvalue weighted by Gasteiger charge is -2.09. The maximum Gasteiger partial charge on any atom is 0.259 e. The number of amides is 1. The fourth-order valence-corrected chi connectivity index (χ4v) is 5.24. The summed E-state index contributed by atoms with van der Waals surface area (Å²) in [5.74, 6) is -0.518. The summed E-state index contributed by atoms with van der Waals surface area (Å²) in [6.45, 7) is 0. The monoisotopic (exact) mass is 490 g/mol. The van der Waals surface area contributed by atoms with Crippen molar-refractivity contribution in [2.75, 3.05) is 5.32 Å². The maximum absolute atomic E-state index is 12.4. The Kier molecular flexibility index (Phi) is 5.59. The van der Waals surface area contributed by atoms with Crippen molar-refractivity contribution >= 4 is 72.4 Å². The molecule has 1 amide bonds. The molecule has 0 spiro atoms. The predicted molar refractivity (Wildman–Crippen MR) is 119 cm³/mol. The van der Waals surface area contributed by atoms with E-state index in [1.54, 1.807) is 41.7 Å². The first kappa shape index (κ1) is 19.3. The van der Waals surface area contributed by atoms with Gasteiger partial charge in [-0.1, -0.05) is 41.6 Å². The molecule has 28 heavy (non-hydrogen) atoms. The van der Waals surface area contributed by atoms with Crippen molar-refractivity contribution < 1.29 is 9.90 Å². The molecule has 0 aliphatic carbocycles. The molecular weight excluding hydrogens is 480 g/mol. The quantitative estimate of drug-likeness (QED) is 0.329. The van der Waals surface area contributed by atoms with Gasteiger partial charge in [0.1, 0.15) is 5.75 Å². The number of carbonyl (C=O) groups excluding carboxylic acids is 1. The summed E-state index contributed by atoms with van der Waals surface area (Å²) in [7, 11) is 0. The molecule has 2 N–H and O–H groups in total. The molecule has 0 aliphatic rings. The summed E-state index contributed by atoms with van der Waals surface area (Å²) in [6, 6.07) is 18.2. The SMILES string of the molecule is O=C(Nc1ccc(Sc2nc3ccccc3s2)c(Cl)c1)c1cccc(Br)c1O. The highest BCUT2D eigenvalue weighted by Gasteiger charge is 2.14. The summed E-state index contributed by atoms with van der Waals surface area (Å²) < 4.78 is 2.48. The zero-order chi connectivity index (χ0) is 19.7. The van der Waals surface area contributed by atoms with Crippen LogP contribution in [0.5, 0.6) is 5.75 Å². The normalized spacial score (nSPS) is 10.9. The lowest BCUT2D eigenvalue weighted by Crippen LogP contribution is -2.12. The Labute approximate surface area is 182 Å². The average Bonchev–Trinajstić information content (AvgIpc) is 3.08. The Balaban J connectivity index is 1.52. The van der Waals surface area contributed by atoms with Crippen LogP contribution in [0.4, 0.5) is 5.69 Å². The summed E-state index contributed by atoms with van der Waals surface area (Å²) in [5.41, 5.74) is 1.69. The molecule has 0 unspecified atom stereocenters. The molecule has 1 heterocycles. The zero-order valence-electron chi connectivity index (χ0n) is 14.1. The highest BCUT2D eigenvalue weighted by molar-refractivity contribution is 9.10. The Hall–Kier alpha value is -2.06. The van der Waals surface area contributed by atoms with Gasteiger partial charge in [0.25, 0.3) is 5.91 Å². The van der Waals surface area contributed by atoms with Crippen LogP contribution in [0, 0.1) is 0 Å². The largest absolute Gasteiger partial charge is 0.506 e. The van der Waals surface area contributed by atoms with Crippen LogP contribution in [0.15, 0.2) is 74.4 Å². The summed E-state index contributed by atoms with van der Waals surface area (Å²) >= 11 is 12.7. The van der Waals surface area contributed by atoms with E-state index in [0.29, 0.717) is 15.2 Å². The van der Waals surface area contributed by atoms with Crippen molar-refractivity contribution in [3.8, 4) is 5.75 Å². The predicted octanol–water partition coefficient (Wildman–Crippen LogP) is 6.82. The van der Waals surface area contributed by atoms with Gasteiger partial charge in [-0.05, 0) is 58.4 Å². The van der Waals surface area contributed by atoms with E-state index in [1.807, 2.05) is 30.3 Å². The third-order valence-electron chi connectivity index (χ3n) is 3.89. The van der Waals surface area contributed by atoms with Gasteiger partial charge in [-0.15, -0.1) is 11.3 Å². The molecule has 0 bridgehead atoms. The number of carbonyl (C=O) groups is 1. The molecule has 4 rings (SSSR count). The third kappa shape index (κ3) is 4.03. The molecule has 140 valence electrons.